The summed E-state index contributed by atoms with van der Waals surface area (Å²) in [4.78, 5) is 75.2. The fourth-order valence-electron chi connectivity index (χ4n) is 9.12. The molecule has 330 valence electrons. The van der Waals surface area contributed by atoms with Crippen molar-refractivity contribution >= 4 is 29.3 Å². The molecule has 11 nitrogen and oxygen atoms in total. The van der Waals surface area contributed by atoms with Gasteiger partial charge < -0.3 is 24.6 Å². The third kappa shape index (κ3) is 14.3. The molecule has 3 amide bonds. The number of nitrogens with one attached hydrogen (secondary N) is 1. The molecule has 2 rings (SSSR count). The fourth-order valence-corrected chi connectivity index (χ4v) is 9.12. The van der Waals surface area contributed by atoms with E-state index < -0.39 is 36.0 Å². The van der Waals surface area contributed by atoms with Gasteiger partial charge in [0, 0.05) is 65.0 Å². The quantitative estimate of drug-likeness (QED) is 0.112. The second kappa shape index (κ2) is 24.2. The molecule has 1 aromatic carbocycles. The average molecular weight is 813 g/mol. The number of carbonyl (C=O) groups excluding carboxylic acids is 5. The number of benzene rings is 1. The van der Waals surface area contributed by atoms with E-state index >= 15 is 0 Å². The summed E-state index contributed by atoms with van der Waals surface area (Å²) in [6.07, 6.45) is 1.95. The van der Waals surface area contributed by atoms with Gasteiger partial charge in [-0.1, -0.05) is 98.6 Å². The molecule has 1 heterocycles. The first-order chi connectivity index (χ1) is 27.2. The van der Waals surface area contributed by atoms with E-state index in [1.165, 1.54) is 0 Å². The maximum atomic E-state index is 14.4. The van der Waals surface area contributed by atoms with Gasteiger partial charge in [0.25, 0.3) is 0 Å². The number of hydrogen-bond acceptors (Lipinski definition) is 8. The number of nitrogens with zero attached hydrogens (tertiary/aromatic N) is 3. The number of methoxy groups -OCH3 is 2. The van der Waals surface area contributed by atoms with Crippen LogP contribution in [0.5, 0.6) is 0 Å². The van der Waals surface area contributed by atoms with Crippen molar-refractivity contribution in [1.29, 1.82) is 0 Å². The summed E-state index contributed by atoms with van der Waals surface area (Å²) >= 11 is 0. The number of ketones is 2. The predicted octanol–water partition coefficient (Wildman–Crippen LogP) is 6.97. The van der Waals surface area contributed by atoms with Crippen LogP contribution in [-0.2, 0) is 40.0 Å². The lowest BCUT2D eigenvalue weighted by atomic mass is 9.83. The molecule has 0 aliphatic carbocycles. The normalized spacial score (nSPS) is 18.8. The molecule has 1 fully saturated rings. The number of aryl methyl sites for hydroxylation is 1. The second-order valence-electron chi connectivity index (χ2n) is 18.5. The highest BCUT2D eigenvalue weighted by Gasteiger charge is 2.43. The minimum Gasteiger partial charge on any atom is -0.379 e. The van der Waals surface area contributed by atoms with Crippen molar-refractivity contribution in [2.24, 2.45) is 41.4 Å². The summed E-state index contributed by atoms with van der Waals surface area (Å²) in [5, 5.41) is 3.05. The van der Waals surface area contributed by atoms with Crippen molar-refractivity contribution in [2.75, 3.05) is 41.9 Å². The van der Waals surface area contributed by atoms with Crippen molar-refractivity contribution < 1.29 is 33.4 Å². The lowest BCUT2D eigenvalue weighted by Crippen LogP contribution is -2.54. The molecule has 1 N–H and O–H groups in total. The van der Waals surface area contributed by atoms with E-state index in [1.54, 1.807) is 26.2 Å². The summed E-state index contributed by atoms with van der Waals surface area (Å²) in [7, 11) is 8.76. The maximum Gasteiger partial charge on any atom is 0.226 e. The predicted molar refractivity (Wildman–Crippen MR) is 232 cm³/mol. The van der Waals surface area contributed by atoms with Gasteiger partial charge in [0.2, 0.25) is 17.7 Å². The Hall–Kier alpha value is -3.15. The van der Waals surface area contributed by atoms with Crippen molar-refractivity contribution in [3.8, 4) is 0 Å². The van der Waals surface area contributed by atoms with Crippen LogP contribution in [0.4, 0.5) is 0 Å². The Morgan fingerprint density at radius 2 is 1.47 bits per heavy atom. The largest absolute Gasteiger partial charge is 0.379 e. The van der Waals surface area contributed by atoms with Crippen LogP contribution in [-0.4, -0.2) is 116 Å². The van der Waals surface area contributed by atoms with Crippen LogP contribution in [0.1, 0.15) is 118 Å². The van der Waals surface area contributed by atoms with Crippen molar-refractivity contribution in [3.05, 3.63) is 35.4 Å². The number of likely N-dealkylation sites (tertiary alicyclic amines) is 1. The van der Waals surface area contributed by atoms with Crippen molar-refractivity contribution in [1.82, 2.24) is 20.0 Å². The Morgan fingerprint density at radius 3 is 1.97 bits per heavy atom. The van der Waals surface area contributed by atoms with E-state index in [2.05, 4.69) is 33.0 Å². The summed E-state index contributed by atoms with van der Waals surface area (Å²) in [6, 6.07) is 7.01. The Balaban J connectivity index is 2.26. The monoisotopic (exact) mass is 813 g/mol. The molecule has 0 unspecified atom stereocenters. The molecule has 0 spiro atoms. The number of likely N-dealkylation sites (N-methyl/N-ethyl adjacent to an activating group) is 2. The molecule has 1 aliphatic rings. The first kappa shape index (κ1) is 51.0. The molecule has 9 atom stereocenters. The molecule has 0 aromatic heterocycles. The van der Waals surface area contributed by atoms with E-state index in [4.69, 9.17) is 9.47 Å². The number of rotatable bonds is 25. The minimum absolute atomic E-state index is 0.00650. The number of Topliss-reactive ketones (excluding diaryl/α,β-unsaturated/α-hetero) is 2. The van der Waals surface area contributed by atoms with Crippen molar-refractivity contribution in [3.63, 3.8) is 0 Å². The molecular formula is C47H80N4O7. The zero-order valence-corrected chi connectivity index (χ0v) is 38.8. The fraction of sp³-hybridized carbons (Fsp3) is 0.766. The smallest absolute Gasteiger partial charge is 0.226 e. The van der Waals surface area contributed by atoms with Gasteiger partial charge in [0.15, 0.2) is 5.78 Å². The molecule has 0 saturated carbocycles. The van der Waals surface area contributed by atoms with Crippen LogP contribution >= 0.6 is 0 Å². The number of carbonyl (C=O) groups is 5. The molecule has 1 aliphatic heterocycles. The van der Waals surface area contributed by atoms with Gasteiger partial charge in [0.05, 0.1) is 36.8 Å². The zero-order valence-electron chi connectivity index (χ0n) is 38.8. The van der Waals surface area contributed by atoms with Crippen LogP contribution < -0.4 is 5.32 Å². The first-order valence-electron chi connectivity index (χ1n) is 21.9. The first-order valence-corrected chi connectivity index (χ1v) is 21.9. The van der Waals surface area contributed by atoms with Gasteiger partial charge in [-0.15, -0.1) is 0 Å². The van der Waals surface area contributed by atoms with E-state index in [0.29, 0.717) is 25.9 Å². The van der Waals surface area contributed by atoms with Gasteiger partial charge in [-0.05, 0) is 69.5 Å². The maximum absolute atomic E-state index is 14.4. The highest BCUT2D eigenvalue weighted by molar-refractivity contribution is 5.90. The third-order valence-corrected chi connectivity index (χ3v) is 12.6. The summed E-state index contributed by atoms with van der Waals surface area (Å²) < 4.78 is 12.1. The molecular weight excluding hydrogens is 733 g/mol. The summed E-state index contributed by atoms with van der Waals surface area (Å²) in [5.74, 6) is -1.63. The van der Waals surface area contributed by atoms with Gasteiger partial charge in [-0.3, -0.25) is 28.9 Å². The Kier molecular flexibility index (Phi) is 21.3. The lowest BCUT2D eigenvalue weighted by molar-refractivity contribution is -0.149. The summed E-state index contributed by atoms with van der Waals surface area (Å²) in [6.45, 7) is 21.1. The Morgan fingerprint density at radius 1 is 0.845 bits per heavy atom. The van der Waals surface area contributed by atoms with Gasteiger partial charge in [-0.2, -0.15) is 0 Å². The topological polar surface area (TPSA) is 126 Å². The molecule has 58 heavy (non-hydrogen) atoms. The highest BCUT2D eigenvalue weighted by atomic mass is 16.5. The van der Waals surface area contributed by atoms with E-state index in [9.17, 15) is 24.0 Å². The zero-order chi connectivity index (χ0) is 44.0. The molecule has 0 radical (unpaired) electrons. The second-order valence-corrected chi connectivity index (χ2v) is 18.5. The van der Waals surface area contributed by atoms with Crippen LogP contribution in [0.2, 0.25) is 0 Å². The number of amides is 3. The van der Waals surface area contributed by atoms with Crippen molar-refractivity contribution in [2.45, 2.75) is 151 Å². The highest BCUT2D eigenvalue weighted by Crippen LogP contribution is 2.32. The SMILES string of the molecule is CC[C@H](C)[C@@H]([C@@H](CC(=O)N1CCC[C@H]1[C@H](OC)[C@@H](C)C(=O)C[C@@H](CC(C)C)C(=O)NCc1ccc(C)cc1)OC)N(C)C(=O)[C@@H](CC(=O)[C@H](C(C)C)N(C)C)C(C)C. The molecule has 0 bridgehead atoms. The van der Waals surface area contributed by atoms with Gasteiger partial charge >= 0.3 is 0 Å². The average Bonchev–Trinajstić information content (AvgIpc) is 3.64. The number of hydrogen-bond donors (Lipinski definition) is 1. The Bertz CT molecular complexity index is 1450. The van der Waals surface area contributed by atoms with E-state index in [1.807, 2.05) is 89.7 Å². The van der Waals surface area contributed by atoms with E-state index in [0.717, 1.165) is 24.0 Å². The van der Waals surface area contributed by atoms with Crippen LogP contribution in [0.25, 0.3) is 0 Å². The van der Waals surface area contributed by atoms with Gasteiger partial charge in [-0.25, -0.2) is 0 Å². The summed E-state index contributed by atoms with van der Waals surface area (Å²) in [5.41, 5.74) is 2.15. The van der Waals surface area contributed by atoms with E-state index in [-0.39, 0.29) is 84.3 Å². The Labute approximate surface area is 351 Å². The van der Waals surface area contributed by atoms with Crippen LogP contribution in [0, 0.1) is 48.3 Å². The molecule has 11 heteroatoms. The minimum atomic E-state index is -0.596. The lowest BCUT2D eigenvalue weighted by Gasteiger charge is -2.41. The van der Waals surface area contributed by atoms with Gasteiger partial charge in [0.1, 0.15) is 5.78 Å². The molecule has 1 aromatic rings. The van der Waals surface area contributed by atoms with Crippen LogP contribution in [0.15, 0.2) is 24.3 Å². The number of ether oxygens (including phenoxy) is 2. The standard InChI is InChI=1S/C47H80N4O7/c1-16-33(9)44(50(13)47(56)37(30(4)5)26-40(53)43(31(6)7)49(11)12)41(57-14)27-42(54)51-23-17-18-38(51)45(58-15)34(10)39(52)25-36(24-29(2)3)46(55)48-28-35-21-19-32(8)20-22-35/h19-22,29-31,33-34,36-38,41,43-45H,16-18,23-28H2,1-15H3,(H,48,55)/t33-,34-,36+,37-,38-,41+,43-,44-,45+/m0/s1. The molecule has 1 saturated heterocycles. The third-order valence-electron chi connectivity index (χ3n) is 12.6. The van der Waals surface area contributed by atoms with Crippen LogP contribution in [0.3, 0.4) is 0 Å².